The van der Waals surface area contributed by atoms with Crippen LogP contribution in [0.25, 0.3) is 0 Å². The van der Waals surface area contributed by atoms with Crippen LogP contribution in [0.15, 0.2) is 24.3 Å². The van der Waals surface area contributed by atoms with E-state index in [0.717, 1.165) is 5.56 Å². The van der Waals surface area contributed by atoms with E-state index in [1.165, 1.54) is 0 Å². The summed E-state index contributed by atoms with van der Waals surface area (Å²) in [5.74, 6) is -0.546. The Labute approximate surface area is 124 Å². The van der Waals surface area contributed by atoms with Crippen molar-refractivity contribution in [1.29, 1.82) is 0 Å². The minimum absolute atomic E-state index is 0.104. The molecule has 0 fully saturated rings. The monoisotopic (exact) mass is 293 g/mol. The van der Waals surface area contributed by atoms with E-state index in [2.05, 4.69) is 10.6 Å². The molecule has 1 aromatic rings. The molecule has 0 saturated heterocycles. The number of anilines is 1. The molecule has 21 heavy (non-hydrogen) atoms. The topological polar surface area (TPSA) is 104 Å². The third-order valence-corrected chi connectivity index (χ3v) is 3.13. The van der Waals surface area contributed by atoms with Crippen molar-refractivity contribution in [2.24, 2.45) is 11.7 Å². The summed E-state index contributed by atoms with van der Waals surface area (Å²) in [7, 11) is 0. The van der Waals surface area contributed by atoms with Crippen LogP contribution in [-0.4, -0.2) is 23.1 Å². The lowest BCUT2D eigenvalue weighted by molar-refractivity contribution is -0.140. The largest absolute Gasteiger partial charge is 0.480 e. The van der Waals surface area contributed by atoms with Gasteiger partial charge in [-0.3, -0.25) is 10.1 Å². The summed E-state index contributed by atoms with van der Waals surface area (Å²) in [6, 6.07) is 5.83. The maximum absolute atomic E-state index is 11.3. The number of urea groups is 1. The molecule has 2 amide bonds. The zero-order valence-electron chi connectivity index (χ0n) is 12.6. The van der Waals surface area contributed by atoms with Crippen molar-refractivity contribution in [3.05, 3.63) is 29.8 Å². The highest BCUT2D eigenvalue weighted by Crippen LogP contribution is 2.18. The number of nitrogens with one attached hydrogen (secondary N) is 2. The Bertz CT molecular complexity index is 485. The normalized spacial score (nSPS) is 13.7. The molecule has 1 rings (SSSR count). The molecule has 0 heterocycles. The number of hydrogen-bond acceptors (Lipinski definition) is 3. The van der Waals surface area contributed by atoms with Gasteiger partial charge in [-0.05, 0) is 37.0 Å². The van der Waals surface area contributed by atoms with E-state index in [4.69, 9.17) is 5.73 Å². The van der Waals surface area contributed by atoms with Crippen LogP contribution in [0.5, 0.6) is 0 Å². The molecule has 6 nitrogen and oxygen atoms in total. The van der Waals surface area contributed by atoms with Gasteiger partial charge in [0.2, 0.25) is 0 Å². The Balaban J connectivity index is 2.71. The van der Waals surface area contributed by atoms with Gasteiger partial charge in [-0.1, -0.05) is 26.0 Å². The molecule has 6 heteroatoms. The lowest BCUT2D eigenvalue weighted by Gasteiger charge is -2.22. The lowest BCUT2D eigenvalue weighted by atomic mass is 10.0. The molecule has 0 spiro atoms. The molecule has 2 unspecified atom stereocenters. The Morgan fingerprint density at radius 1 is 1.19 bits per heavy atom. The zero-order chi connectivity index (χ0) is 16.0. The van der Waals surface area contributed by atoms with Gasteiger partial charge in [0.1, 0.15) is 6.04 Å². The second kappa shape index (κ2) is 7.64. The minimum Gasteiger partial charge on any atom is -0.480 e. The smallest absolute Gasteiger partial charge is 0.320 e. The average molecular weight is 293 g/mol. The molecule has 0 bridgehead atoms. The van der Waals surface area contributed by atoms with Crippen LogP contribution in [0.3, 0.4) is 0 Å². The van der Waals surface area contributed by atoms with Crippen molar-refractivity contribution in [2.75, 3.05) is 5.32 Å². The first-order valence-electron chi connectivity index (χ1n) is 6.95. The van der Waals surface area contributed by atoms with Crippen molar-refractivity contribution >= 4 is 17.7 Å². The van der Waals surface area contributed by atoms with Crippen LogP contribution in [0.4, 0.5) is 10.5 Å². The number of amides is 2. The highest BCUT2D eigenvalue weighted by Gasteiger charge is 2.21. The summed E-state index contributed by atoms with van der Waals surface area (Å²) in [5.41, 5.74) is 6.59. The second-order valence-electron chi connectivity index (χ2n) is 5.52. The average Bonchev–Trinajstić information content (AvgIpc) is 2.37. The highest BCUT2D eigenvalue weighted by atomic mass is 16.4. The van der Waals surface area contributed by atoms with Gasteiger partial charge in [0.15, 0.2) is 0 Å². The predicted molar refractivity (Wildman–Crippen MR) is 82.1 cm³/mol. The summed E-state index contributed by atoms with van der Waals surface area (Å²) in [6.07, 6.45) is 0.570. The van der Waals surface area contributed by atoms with E-state index in [1.54, 1.807) is 12.1 Å². The SMILES string of the molecule is CC(C)CC(NC(C)c1ccc(NC(N)=O)cc1)C(=O)O. The number of rotatable bonds is 7. The number of carbonyl (C=O) groups excluding carboxylic acids is 1. The van der Waals surface area contributed by atoms with Crippen LogP contribution in [0, 0.1) is 5.92 Å². The van der Waals surface area contributed by atoms with Crippen molar-refractivity contribution in [2.45, 2.75) is 39.3 Å². The van der Waals surface area contributed by atoms with Gasteiger partial charge in [0, 0.05) is 11.7 Å². The molecule has 1 aromatic carbocycles. The fraction of sp³-hybridized carbons (Fsp3) is 0.467. The number of aliphatic carboxylic acids is 1. The summed E-state index contributed by atoms with van der Waals surface area (Å²) in [4.78, 5) is 22.0. The van der Waals surface area contributed by atoms with E-state index in [9.17, 15) is 14.7 Å². The van der Waals surface area contributed by atoms with Crippen LogP contribution in [-0.2, 0) is 4.79 Å². The minimum atomic E-state index is -0.845. The Kier molecular flexibility index (Phi) is 6.17. The van der Waals surface area contributed by atoms with Crippen LogP contribution < -0.4 is 16.4 Å². The molecule has 0 aliphatic heterocycles. The fourth-order valence-corrected chi connectivity index (χ4v) is 2.11. The van der Waals surface area contributed by atoms with Crippen LogP contribution >= 0.6 is 0 Å². The highest BCUT2D eigenvalue weighted by molar-refractivity contribution is 5.87. The molecule has 0 aliphatic rings. The molecule has 2 atom stereocenters. The molecule has 0 radical (unpaired) electrons. The number of carboxylic acids is 1. The standard InChI is InChI=1S/C15H23N3O3/c1-9(2)8-13(14(19)20)17-10(3)11-4-6-12(7-5-11)18-15(16)21/h4-7,9-10,13,17H,8H2,1-3H3,(H,19,20)(H3,16,18,21). The second-order valence-corrected chi connectivity index (χ2v) is 5.52. The van der Waals surface area contributed by atoms with Gasteiger partial charge in [0.05, 0.1) is 0 Å². The summed E-state index contributed by atoms with van der Waals surface area (Å²) in [6.45, 7) is 5.89. The molecular weight excluding hydrogens is 270 g/mol. The fourth-order valence-electron chi connectivity index (χ4n) is 2.11. The number of nitrogens with two attached hydrogens (primary N) is 1. The van der Waals surface area contributed by atoms with Gasteiger partial charge in [-0.15, -0.1) is 0 Å². The molecule has 0 aliphatic carbocycles. The first-order valence-corrected chi connectivity index (χ1v) is 6.95. The molecule has 0 aromatic heterocycles. The Morgan fingerprint density at radius 2 is 1.76 bits per heavy atom. The van der Waals surface area contributed by atoms with Crippen molar-refractivity contribution in [3.8, 4) is 0 Å². The van der Waals surface area contributed by atoms with E-state index in [1.807, 2.05) is 32.9 Å². The van der Waals surface area contributed by atoms with Crippen molar-refractivity contribution in [3.63, 3.8) is 0 Å². The molecule has 5 N–H and O–H groups in total. The van der Waals surface area contributed by atoms with Gasteiger partial charge in [-0.2, -0.15) is 0 Å². The number of carbonyl (C=O) groups is 2. The van der Waals surface area contributed by atoms with Gasteiger partial charge in [-0.25, -0.2) is 4.79 Å². The quantitative estimate of drug-likeness (QED) is 0.619. The van der Waals surface area contributed by atoms with E-state index >= 15 is 0 Å². The van der Waals surface area contributed by atoms with Crippen LogP contribution in [0.1, 0.15) is 38.8 Å². The predicted octanol–water partition coefficient (Wildman–Crippen LogP) is 2.33. The first kappa shape index (κ1) is 17.0. The number of benzene rings is 1. The number of primary amides is 1. The molecule has 0 saturated carbocycles. The maximum atomic E-state index is 11.3. The Morgan fingerprint density at radius 3 is 2.19 bits per heavy atom. The van der Waals surface area contributed by atoms with E-state index in [-0.39, 0.29) is 6.04 Å². The maximum Gasteiger partial charge on any atom is 0.320 e. The summed E-state index contributed by atoms with van der Waals surface area (Å²) in [5, 5.41) is 14.8. The number of hydrogen-bond donors (Lipinski definition) is 4. The lowest BCUT2D eigenvalue weighted by Crippen LogP contribution is -2.39. The van der Waals surface area contributed by atoms with Gasteiger partial charge >= 0.3 is 12.0 Å². The zero-order valence-corrected chi connectivity index (χ0v) is 12.6. The van der Waals surface area contributed by atoms with Crippen molar-refractivity contribution < 1.29 is 14.7 Å². The molecular formula is C15H23N3O3. The van der Waals surface area contributed by atoms with Crippen LogP contribution in [0.2, 0.25) is 0 Å². The third kappa shape index (κ3) is 5.83. The van der Waals surface area contributed by atoms with Gasteiger partial charge < -0.3 is 16.2 Å². The number of carboxylic acid groups (broad SMARTS) is 1. The molecule has 116 valence electrons. The van der Waals surface area contributed by atoms with Gasteiger partial charge in [0.25, 0.3) is 0 Å². The van der Waals surface area contributed by atoms with E-state index < -0.39 is 18.0 Å². The third-order valence-electron chi connectivity index (χ3n) is 3.13. The summed E-state index contributed by atoms with van der Waals surface area (Å²) >= 11 is 0. The van der Waals surface area contributed by atoms with Crippen molar-refractivity contribution in [1.82, 2.24) is 5.32 Å². The first-order chi connectivity index (χ1) is 9.79. The van der Waals surface area contributed by atoms with E-state index in [0.29, 0.717) is 18.0 Å². The summed E-state index contributed by atoms with van der Waals surface area (Å²) < 4.78 is 0. The Hall–Kier alpha value is -2.08.